The number of hydrogen-bond donors (Lipinski definition) is 3. The van der Waals surface area contributed by atoms with Gasteiger partial charge in [-0.15, -0.1) is 0 Å². The second-order valence-electron chi connectivity index (χ2n) is 12.2. The van der Waals surface area contributed by atoms with E-state index in [1.165, 1.54) is 0 Å². The summed E-state index contributed by atoms with van der Waals surface area (Å²) in [5.41, 5.74) is 3.57. The van der Waals surface area contributed by atoms with Gasteiger partial charge in [0.25, 0.3) is 0 Å². The molecule has 0 spiro atoms. The number of carbonyl (C=O) groups excluding carboxylic acids is 4. The maximum Gasteiger partial charge on any atom is 0.428 e. The van der Waals surface area contributed by atoms with Gasteiger partial charge in [-0.3, -0.25) is 9.59 Å². The molecule has 40 heavy (non-hydrogen) atoms. The van der Waals surface area contributed by atoms with Gasteiger partial charge in [-0.1, -0.05) is 77.7 Å². The summed E-state index contributed by atoms with van der Waals surface area (Å²) in [6.45, 7) is 14.9. The van der Waals surface area contributed by atoms with Crippen molar-refractivity contribution in [1.29, 1.82) is 0 Å². The zero-order chi connectivity index (χ0) is 29.9. The van der Waals surface area contributed by atoms with Crippen molar-refractivity contribution in [3.63, 3.8) is 0 Å². The fourth-order valence-electron chi connectivity index (χ4n) is 3.91. The number of hydrogen-bond acceptors (Lipinski definition) is 8. The second-order valence-corrected chi connectivity index (χ2v) is 17.8. The van der Waals surface area contributed by atoms with Crippen LogP contribution in [0.15, 0.2) is 30.3 Å². The van der Waals surface area contributed by atoms with Crippen LogP contribution in [0, 0.1) is 11.8 Å². The molecule has 0 aliphatic carbocycles. The Morgan fingerprint density at radius 2 is 1.62 bits per heavy atom. The fourth-order valence-corrected chi connectivity index (χ4v) is 4.67. The third-order valence-electron chi connectivity index (χ3n) is 6.08. The second kappa shape index (κ2) is 15.7. The molecule has 224 valence electrons. The van der Waals surface area contributed by atoms with Crippen LogP contribution in [-0.4, -0.2) is 68.6 Å². The monoisotopic (exact) mass is 578 g/mol. The summed E-state index contributed by atoms with van der Waals surface area (Å²) in [4.78, 5) is 51.5. The van der Waals surface area contributed by atoms with Gasteiger partial charge in [0.1, 0.15) is 19.4 Å². The zero-order valence-electron chi connectivity index (χ0n) is 24.8. The van der Waals surface area contributed by atoms with Crippen LogP contribution >= 0.6 is 0 Å². The number of nitrogens with one attached hydrogen (secondary N) is 3. The third-order valence-corrected chi connectivity index (χ3v) is 7.79. The molecule has 1 heterocycles. The molecular weight excluding hydrogens is 532 g/mol. The van der Waals surface area contributed by atoms with Crippen LogP contribution in [0.5, 0.6) is 0 Å². The van der Waals surface area contributed by atoms with Crippen molar-refractivity contribution in [2.45, 2.75) is 91.1 Å². The number of nitrogens with zero attached hydrogens (tertiary/aromatic N) is 1. The van der Waals surface area contributed by atoms with Crippen molar-refractivity contribution >= 4 is 32.0 Å². The number of carbonyl (C=O) groups is 4. The lowest BCUT2D eigenvalue weighted by Crippen LogP contribution is -2.55. The molecule has 3 amide bonds. The summed E-state index contributed by atoms with van der Waals surface area (Å²) in [6, 6.07) is 8.29. The molecule has 0 saturated carbocycles. The van der Waals surface area contributed by atoms with Gasteiger partial charge in [0.05, 0.1) is 6.04 Å². The van der Waals surface area contributed by atoms with Gasteiger partial charge in [0, 0.05) is 14.7 Å². The molecule has 2 unspecified atom stereocenters. The molecule has 1 saturated heterocycles. The first-order valence-electron chi connectivity index (χ1n) is 13.9. The van der Waals surface area contributed by atoms with Gasteiger partial charge in [-0.25, -0.2) is 14.6 Å². The van der Waals surface area contributed by atoms with E-state index in [2.05, 4.69) is 35.7 Å². The Balaban J connectivity index is 2.00. The van der Waals surface area contributed by atoms with E-state index >= 15 is 0 Å². The number of cyclic esters (lactones) is 1. The summed E-state index contributed by atoms with van der Waals surface area (Å²) in [5, 5.41) is 6.52. The molecule has 3 N–H and O–H groups in total. The fraction of sp³-hybridized carbons (Fsp3) is 0.643. The molecule has 1 aromatic carbocycles. The van der Waals surface area contributed by atoms with Gasteiger partial charge in [-0.05, 0) is 36.3 Å². The Labute approximate surface area is 238 Å². The average Bonchev–Trinajstić information content (AvgIpc) is 3.23. The zero-order valence-corrected chi connectivity index (χ0v) is 25.8. The Morgan fingerprint density at radius 3 is 2.23 bits per heavy atom. The number of amides is 3. The van der Waals surface area contributed by atoms with Crippen LogP contribution in [0.2, 0.25) is 25.7 Å². The van der Waals surface area contributed by atoms with Crippen LogP contribution in [0.4, 0.5) is 9.59 Å². The molecular formula is C28H46N4O7Si. The predicted molar refractivity (Wildman–Crippen MR) is 154 cm³/mol. The molecule has 11 nitrogen and oxygen atoms in total. The Bertz CT molecular complexity index is 985. The van der Waals surface area contributed by atoms with E-state index in [1.807, 2.05) is 58.0 Å². The lowest BCUT2D eigenvalue weighted by Gasteiger charge is -2.25. The molecule has 12 heteroatoms. The Morgan fingerprint density at radius 1 is 1.00 bits per heavy atom. The van der Waals surface area contributed by atoms with Gasteiger partial charge >= 0.3 is 12.2 Å². The number of Topliss-reactive ketones (excluding diaryl/α,β-unsaturated/α-hetero) is 1. The highest BCUT2D eigenvalue weighted by Crippen LogP contribution is 2.15. The topological polar surface area (TPSA) is 135 Å². The minimum Gasteiger partial charge on any atom is -0.445 e. The molecule has 2 rings (SSSR count). The minimum atomic E-state index is -1.29. The smallest absolute Gasteiger partial charge is 0.428 e. The van der Waals surface area contributed by atoms with E-state index in [0.717, 1.165) is 16.6 Å². The van der Waals surface area contributed by atoms with E-state index in [9.17, 15) is 19.2 Å². The van der Waals surface area contributed by atoms with Crippen LogP contribution in [0.25, 0.3) is 0 Å². The summed E-state index contributed by atoms with van der Waals surface area (Å²) < 4.78 is 16.1. The van der Waals surface area contributed by atoms with Crippen LogP contribution < -0.4 is 16.1 Å². The van der Waals surface area contributed by atoms with Crippen molar-refractivity contribution in [1.82, 2.24) is 21.1 Å². The van der Waals surface area contributed by atoms with E-state index in [-0.39, 0.29) is 25.2 Å². The van der Waals surface area contributed by atoms with Crippen molar-refractivity contribution in [2.75, 3.05) is 13.3 Å². The van der Waals surface area contributed by atoms with E-state index in [4.69, 9.17) is 14.2 Å². The maximum atomic E-state index is 13.4. The molecule has 1 fully saturated rings. The summed E-state index contributed by atoms with van der Waals surface area (Å²) >= 11 is 0. The quantitative estimate of drug-likeness (QED) is 0.198. The van der Waals surface area contributed by atoms with Gasteiger partial charge in [0.2, 0.25) is 17.9 Å². The van der Waals surface area contributed by atoms with Gasteiger partial charge < -0.3 is 24.8 Å². The molecule has 0 bridgehead atoms. The first-order valence-corrected chi connectivity index (χ1v) is 17.6. The maximum absolute atomic E-state index is 13.4. The SMILES string of the molecule is CC(C)CC(NC(=O)[C@H](CC(C)C)NC(=O)OCc1ccccc1)C(=O)C1NN(COCC[Si](C)(C)C)C(=O)O1. The Kier molecular flexibility index (Phi) is 13.1. The molecule has 1 aromatic rings. The molecule has 0 radical (unpaired) electrons. The van der Waals surface area contributed by atoms with E-state index in [0.29, 0.717) is 19.4 Å². The average molecular weight is 579 g/mol. The highest BCUT2D eigenvalue weighted by molar-refractivity contribution is 6.76. The number of benzene rings is 1. The van der Waals surface area contributed by atoms with Gasteiger partial charge in [-0.2, -0.15) is 5.43 Å². The number of alkyl carbamates (subject to hydrolysis) is 1. The first-order chi connectivity index (χ1) is 18.7. The molecule has 3 atom stereocenters. The standard InChI is InChI=1S/C28H46N4O7Si/c1-19(2)15-22(24(33)26-31-32(28(36)39-26)18-37-13-14-40(5,6)7)29-25(34)23(16-20(3)4)30-27(35)38-17-21-11-9-8-10-12-21/h8-12,19-20,22-23,26,31H,13-18H2,1-7H3,(H,29,34)(H,30,35)/t22?,23-,26?/m0/s1. The van der Waals surface area contributed by atoms with Crippen molar-refractivity contribution in [3.05, 3.63) is 35.9 Å². The number of ketones is 1. The third kappa shape index (κ3) is 12.1. The lowest BCUT2D eigenvalue weighted by atomic mass is 9.97. The number of rotatable bonds is 16. The van der Waals surface area contributed by atoms with Crippen LogP contribution in [0.3, 0.4) is 0 Å². The van der Waals surface area contributed by atoms with Gasteiger partial charge in [0.15, 0.2) is 0 Å². The number of ether oxygens (including phenoxy) is 3. The van der Waals surface area contributed by atoms with Crippen molar-refractivity contribution in [3.8, 4) is 0 Å². The van der Waals surface area contributed by atoms with Crippen LogP contribution in [0.1, 0.15) is 46.1 Å². The highest BCUT2D eigenvalue weighted by atomic mass is 28.3. The molecule has 1 aliphatic heterocycles. The summed E-state index contributed by atoms with van der Waals surface area (Å²) in [7, 11) is -1.29. The van der Waals surface area contributed by atoms with Crippen molar-refractivity contribution < 1.29 is 33.4 Å². The van der Waals surface area contributed by atoms with Crippen molar-refractivity contribution in [2.24, 2.45) is 11.8 Å². The largest absolute Gasteiger partial charge is 0.445 e. The Hall–Kier alpha value is -2.96. The molecule has 0 aromatic heterocycles. The minimum absolute atomic E-state index is 0.0553. The number of hydrazine groups is 1. The van der Waals surface area contributed by atoms with Crippen LogP contribution in [-0.2, 0) is 30.4 Å². The normalized spacial score (nSPS) is 17.0. The highest BCUT2D eigenvalue weighted by Gasteiger charge is 2.40. The molecule has 1 aliphatic rings. The van der Waals surface area contributed by atoms with E-state index < -0.39 is 50.3 Å². The first kappa shape index (κ1) is 33.2. The summed E-state index contributed by atoms with van der Waals surface area (Å²) in [5.74, 6) is -0.869. The summed E-state index contributed by atoms with van der Waals surface area (Å²) in [6.07, 6.45) is -2.05. The predicted octanol–water partition coefficient (Wildman–Crippen LogP) is 4.02. The van der Waals surface area contributed by atoms with E-state index in [1.54, 1.807) is 0 Å². The lowest BCUT2D eigenvalue weighted by molar-refractivity contribution is -0.134.